The van der Waals surface area contributed by atoms with E-state index in [1.165, 1.54) is 0 Å². The van der Waals surface area contributed by atoms with Crippen LogP contribution in [0.5, 0.6) is 0 Å². The number of aliphatic hydroxyl groups excluding tert-OH is 4. The van der Waals surface area contributed by atoms with Crippen LogP contribution in [-0.4, -0.2) is 69.1 Å². The number of nitrogens with one attached hydrogen (secondary N) is 2. The van der Waals surface area contributed by atoms with Gasteiger partial charge in [-0.1, -0.05) is 0 Å². The van der Waals surface area contributed by atoms with Crippen molar-refractivity contribution in [3.8, 4) is 0 Å². The molecule has 1 spiro atoms. The van der Waals surface area contributed by atoms with Gasteiger partial charge in [0.05, 0.1) is 6.61 Å². The van der Waals surface area contributed by atoms with Crippen molar-refractivity contribution in [1.82, 2.24) is 10.6 Å². The molecule has 0 aromatic carbocycles. The summed E-state index contributed by atoms with van der Waals surface area (Å²) in [4.78, 5) is 22.7. The maximum Gasteiger partial charge on any atom is 0.322 e. The second-order valence-corrected chi connectivity index (χ2v) is 3.91. The summed E-state index contributed by atoms with van der Waals surface area (Å²) in [5.74, 6) is -0.983. The van der Waals surface area contributed by atoms with Crippen LogP contribution >= 0.6 is 0 Å². The lowest BCUT2D eigenvalue weighted by Gasteiger charge is -2.45. The van der Waals surface area contributed by atoms with Crippen molar-refractivity contribution in [2.24, 2.45) is 0 Å². The number of aliphatic hydroxyl groups is 4. The van der Waals surface area contributed by atoms with Gasteiger partial charge in [-0.3, -0.25) is 10.1 Å². The third kappa shape index (κ3) is 1.51. The molecule has 96 valence electrons. The minimum atomic E-state index is -2.11. The summed E-state index contributed by atoms with van der Waals surface area (Å²) < 4.78 is 4.70. The van der Waals surface area contributed by atoms with E-state index in [-0.39, 0.29) is 0 Å². The Hall–Kier alpha value is -1.26. The van der Waals surface area contributed by atoms with Gasteiger partial charge in [0.25, 0.3) is 5.91 Å². The van der Waals surface area contributed by atoms with Crippen molar-refractivity contribution < 1.29 is 34.8 Å². The van der Waals surface area contributed by atoms with E-state index in [0.29, 0.717) is 0 Å². The van der Waals surface area contributed by atoms with E-state index in [9.17, 15) is 24.9 Å². The van der Waals surface area contributed by atoms with Gasteiger partial charge >= 0.3 is 6.03 Å². The molecule has 2 saturated heterocycles. The van der Waals surface area contributed by atoms with E-state index in [0.717, 1.165) is 0 Å². The minimum Gasteiger partial charge on any atom is -0.394 e. The zero-order valence-corrected chi connectivity index (χ0v) is 8.53. The highest BCUT2D eigenvalue weighted by atomic mass is 16.6. The third-order valence-electron chi connectivity index (χ3n) is 2.97. The topological polar surface area (TPSA) is 148 Å². The molecule has 9 nitrogen and oxygen atoms in total. The number of amides is 3. The Morgan fingerprint density at radius 1 is 1.24 bits per heavy atom. The molecule has 0 bridgehead atoms. The molecule has 6 N–H and O–H groups in total. The van der Waals surface area contributed by atoms with Crippen LogP contribution in [0.3, 0.4) is 0 Å². The summed E-state index contributed by atoms with van der Waals surface area (Å²) in [5.41, 5.74) is -2.11. The number of imide groups is 1. The Balaban J connectivity index is 2.41. The molecule has 2 aliphatic heterocycles. The maximum atomic E-state index is 11.6. The Kier molecular flexibility index (Phi) is 2.79. The van der Waals surface area contributed by atoms with Crippen molar-refractivity contribution >= 4 is 11.9 Å². The third-order valence-corrected chi connectivity index (χ3v) is 2.97. The van der Waals surface area contributed by atoms with E-state index in [2.05, 4.69) is 5.32 Å². The zero-order chi connectivity index (χ0) is 12.8. The molecule has 9 heteroatoms. The van der Waals surface area contributed by atoms with E-state index in [1.54, 1.807) is 0 Å². The first-order valence-electron chi connectivity index (χ1n) is 4.87. The summed E-state index contributed by atoms with van der Waals surface area (Å²) in [6, 6.07) is -0.904. The molecule has 5 atom stereocenters. The van der Waals surface area contributed by atoms with Crippen LogP contribution in [-0.2, 0) is 9.53 Å². The largest absolute Gasteiger partial charge is 0.394 e. The molecular weight excluding hydrogens is 236 g/mol. The van der Waals surface area contributed by atoms with Gasteiger partial charge in [-0.15, -0.1) is 0 Å². The van der Waals surface area contributed by atoms with Crippen LogP contribution in [0.4, 0.5) is 4.79 Å². The number of carbonyl (C=O) groups is 2. The molecule has 0 saturated carbocycles. The fourth-order valence-electron chi connectivity index (χ4n) is 2.06. The first-order valence-corrected chi connectivity index (χ1v) is 4.87. The molecule has 0 unspecified atom stereocenters. The average Bonchev–Trinajstić information content (AvgIpc) is 2.58. The Bertz CT molecular complexity index is 362. The molecule has 0 aliphatic carbocycles. The van der Waals surface area contributed by atoms with Gasteiger partial charge in [0.1, 0.15) is 18.3 Å². The monoisotopic (exact) mass is 248 g/mol. The normalized spacial score (nSPS) is 45.9. The van der Waals surface area contributed by atoms with Crippen LogP contribution in [0.25, 0.3) is 0 Å². The molecular formula is C8H12N2O7. The Morgan fingerprint density at radius 3 is 2.35 bits per heavy atom. The van der Waals surface area contributed by atoms with Crippen LogP contribution in [0.1, 0.15) is 0 Å². The minimum absolute atomic E-state index is 0.685. The van der Waals surface area contributed by atoms with Crippen LogP contribution in [0.15, 0.2) is 0 Å². The molecule has 0 aromatic rings. The summed E-state index contributed by atoms with van der Waals surface area (Å²) in [6.07, 6.45) is -6.62. The molecule has 0 aromatic heterocycles. The van der Waals surface area contributed by atoms with Crippen molar-refractivity contribution in [2.45, 2.75) is 30.1 Å². The lowest BCUT2D eigenvalue weighted by Crippen LogP contribution is -2.74. The maximum absolute atomic E-state index is 11.6. The number of urea groups is 1. The van der Waals surface area contributed by atoms with Crippen LogP contribution in [0, 0.1) is 0 Å². The first-order chi connectivity index (χ1) is 7.93. The second-order valence-electron chi connectivity index (χ2n) is 3.91. The molecule has 2 fully saturated rings. The lowest BCUT2D eigenvalue weighted by atomic mass is 9.81. The summed E-state index contributed by atoms with van der Waals surface area (Å²) in [7, 11) is 0. The van der Waals surface area contributed by atoms with Crippen LogP contribution in [0.2, 0.25) is 0 Å². The van der Waals surface area contributed by atoms with Gasteiger partial charge in [0, 0.05) is 0 Å². The van der Waals surface area contributed by atoms with Gasteiger partial charge in [0.2, 0.25) is 0 Å². The molecule has 0 radical (unpaired) electrons. The van der Waals surface area contributed by atoms with Gasteiger partial charge in [-0.2, -0.15) is 0 Å². The highest BCUT2D eigenvalue weighted by Crippen LogP contribution is 2.31. The van der Waals surface area contributed by atoms with Crippen LogP contribution < -0.4 is 10.6 Å². The number of hydrogen-bond acceptors (Lipinski definition) is 7. The number of hydrogen-bond donors (Lipinski definition) is 6. The molecule has 2 aliphatic rings. The number of rotatable bonds is 1. The SMILES string of the molecule is O=C1NC(=O)[C@@]2(N1)[C@H](O)[C@@H](CO)O[C@@H](O)[C@@H]2O. The predicted octanol–water partition coefficient (Wildman–Crippen LogP) is -4.00. The fraction of sp³-hybridized carbons (Fsp3) is 0.750. The van der Waals surface area contributed by atoms with E-state index >= 15 is 0 Å². The van der Waals surface area contributed by atoms with E-state index < -0.39 is 48.7 Å². The zero-order valence-electron chi connectivity index (χ0n) is 8.53. The van der Waals surface area contributed by atoms with Gasteiger partial charge in [-0.25, -0.2) is 4.79 Å². The number of carbonyl (C=O) groups excluding carboxylic acids is 2. The van der Waals surface area contributed by atoms with Crippen molar-refractivity contribution in [3.05, 3.63) is 0 Å². The van der Waals surface area contributed by atoms with Crippen molar-refractivity contribution in [1.29, 1.82) is 0 Å². The smallest absolute Gasteiger partial charge is 0.322 e. The second kappa shape index (κ2) is 3.89. The quantitative estimate of drug-likeness (QED) is 0.259. The van der Waals surface area contributed by atoms with E-state index in [1.807, 2.05) is 5.32 Å². The standard InChI is InChI=1S/C8H12N2O7/c11-1-2-3(12)8(4(13)5(14)17-2)6(15)9-7(16)10-8/h2-5,11-14H,1H2,(H2,9,10,15,16)/t2-,3-,4+,5-,8-/m1/s1. The average molecular weight is 248 g/mol. The molecule has 17 heavy (non-hydrogen) atoms. The van der Waals surface area contributed by atoms with Crippen molar-refractivity contribution in [3.63, 3.8) is 0 Å². The van der Waals surface area contributed by atoms with E-state index in [4.69, 9.17) is 9.84 Å². The Labute approximate surface area is 95.0 Å². The van der Waals surface area contributed by atoms with Gasteiger partial charge in [-0.05, 0) is 0 Å². The van der Waals surface area contributed by atoms with Gasteiger partial charge < -0.3 is 30.5 Å². The predicted molar refractivity (Wildman–Crippen MR) is 49.4 cm³/mol. The highest BCUT2D eigenvalue weighted by molar-refractivity contribution is 6.08. The first kappa shape index (κ1) is 12.2. The van der Waals surface area contributed by atoms with Gasteiger partial charge in [0.15, 0.2) is 11.8 Å². The fourth-order valence-corrected chi connectivity index (χ4v) is 2.06. The number of ether oxygens (including phenoxy) is 1. The summed E-state index contributed by atoms with van der Waals surface area (Å²) in [5, 5.41) is 41.8. The molecule has 2 rings (SSSR count). The Morgan fingerprint density at radius 2 is 1.88 bits per heavy atom. The molecule has 2 heterocycles. The summed E-state index contributed by atoms with van der Waals surface area (Å²) >= 11 is 0. The molecule has 3 amide bonds. The lowest BCUT2D eigenvalue weighted by molar-refractivity contribution is -0.276. The van der Waals surface area contributed by atoms with Crippen molar-refractivity contribution in [2.75, 3.05) is 6.61 Å². The summed E-state index contributed by atoms with van der Waals surface area (Å²) in [6.45, 7) is -0.685. The highest BCUT2D eigenvalue weighted by Gasteiger charge is 2.64.